The van der Waals surface area contributed by atoms with Gasteiger partial charge in [0, 0.05) is 20.8 Å². The minimum atomic E-state index is -3.28. The van der Waals surface area contributed by atoms with Crippen molar-refractivity contribution in [1.29, 1.82) is 0 Å². The van der Waals surface area contributed by atoms with Gasteiger partial charge in [0.25, 0.3) is 0 Å². The average Bonchev–Trinajstić information content (AvgIpc) is 2.41. The summed E-state index contributed by atoms with van der Waals surface area (Å²) in [6, 6.07) is 12.9. The molecule has 0 aromatic heterocycles. The highest BCUT2D eigenvalue weighted by Crippen LogP contribution is 2.20. The summed E-state index contributed by atoms with van der Waals surface area (Å²) in [5.41, 5.74) is 1.55. The van der Waals surface area contributed by atoms with Crippen LogP contribution in [-0.2, 0) is 8.94 Å². The zero-order chi connectivity index (χ0) is 15.5. The number of carbonyl (C=O) groups excluding carboxylic acids is 1. The van der Waals surface area contributed by atoms with Gasteiger partial charge in [-0.3, -0.25) is 0 Å². The van der Waals surface area contributed by atoms with Crippen molar-refractivity contribution in [1.82, 2.24) is 0 Å². The second kappa shape index (κ2) is 6.60. The quantitative estimate of drug-likeness (QED) is 0.740. The van der Waals surface area contributed by atoms with Gasteiger partial charge in [-0.2, -0.15) is 0 Å². The third kappa shape index (κ3) is 4.56. The van der Waals surface area contributed by atoms with E-state index < -0.39 is 15.0 Å². The number of nitrogens with zero attached hydrogens (tertiary/aromatic N) is 1. The van der Waals surface area contributed by atoms with Crippen molar-refractivity contribution in [3.63, 3.8) is 0 Å². The highest BCUT2D eigenvalue weighted by atomic mass is 79.9. The summed E-state index contributed by atoms with van der Waals surface area (Å²) in [5.74, 6) is 0. The molecule has 4 nitrogen and oxygen atoms in total. The first kappa shape index (κ1) is 16.0. The largest absolute Gasteiger partial charge is 0.354 e. The predicted molar refractivity (Wildman–Crippen MR) is 89.0 cm³/mol. The fraction of sp³-hybridized carbons (Fsp3) is 0.0714. The zero-order valence-electron chi connectivity index (χ0n) is 11.0. The number of amides is 2. The van der Waals surface area contributed by atoms with E-state index in [-0.39, 0.29) is 0 Å². The molecule has 1 atom stereocenters. The molecule has 0 heterocycles. The predicted octanol–water partition coefficient (Wildman–Crippen LogP) is 4.97. The molecular weight excluding hydrogens is 376 g/mol. The van der Waals surface area contributed by atoms with Crippen LogP contribution in [0.3, 0.4) is 0 Å². The van der Waals surface area contributed by atoms with E-state index >= 15 is 0 Å². The highest BCUT2D eigenvalue weighted by Gasteiger charge is 2.12. The Hall–Kier alpha value is -1.37. The maximum Gasteiger partial charge on any atom is 0.354 e. The van der Waals surface area contributed by atoms with Crippen LogP contribution in [0.2, 0.25) is 0 Å². The Morgan fingerprint density at radius 1 is 1.14 bits per heavy atom. The second-order valence-corrected chi connectivity index (χ2v) is 8.04. The molecular formula is C14H12BrClN2O2S. The molecule has 2 amide bonds. The first-order valence-electron chi connectivity index (χ1n) is 5.97. The van der Waals surface area contributed by atoms with E-state index in [1.54, 1.807) is 48.5 Å². The van der Waals surface area contributed by atoms with Gasteiger partial charge in [0.15, 0.2) is 8.94 Å². The molecule has 0 saturated heterocycles. The Labute approximate surface area is 136 Å². The van der Waals surface area contributed by atoms with E-state index in [2.05, 4.69) is 25.6 Å². The van der Waals surface area contributed by atoms with E-state index in [9.17, 15) is 9.00 Å². The maximum atomic E-state index is 12.3. The van der Waals surface area contributed by atoms with Gasteiger partial charge in [-0.1, -0.05) is 33.6 Å². The number of urea groups is 1. The lowest BCUT2D eigenvalue weighted by molar-refractivity contribution is 0.260. The van der Waals surface area contributed by atoms with Crippen LogP contribution in [0.15, 0.2) is 62.3 Å². The number of carbonyl (C=O) groups is 1. The highest BCUT2D eigenvalue weighted by molar-refractivity contribution is 9.10. The molecule has 0 aliphatic carbocycles. The maximum absolute atomic E-state index is 12.3. The van der Waals surface area contributed by atoms with Gasteiger partial charge >= 0.3 is 6.03 Å². The number of rotatable bonds is 2. The van der Waals surface area contributed by atoms with Crippen LogP contribution in [0.25, 0.3) is 0 Å². The molecule has 0 saturated carbocycles. The van der Waals surface area contributed by atoms with Gasteiger partial charge < -0.3 is 5.32 Å². The minimum Gasteiger partial charge on any atom is -0.306 e. The van der Waals surface area contributed by atoms with Crippen molar-refractivity contribution in [2.24, 2.45) is 4.36 Å². The van der Waals surface area contributed by atoms with Crippen LogP contribution in [0.1, 0.15) is 5.56 Å². The monoisotopic (exact) mass is 386 g/mol. The summed E-state index contributed by atoms with van der Waals surface area (Å²) >= 11 is 3.29. The van der Waals surface area contributed by atoms with Crippen LogP contribution in [-0.4, -0.2) is 10.2 Å². The van der Waals surface area contributed by atoms with Gasteiger partial charge in [-0.05, 0) is 43.3 Å². The van der Waals surface area contributed by atoms with Crippen LogP contribution in [0.5, 0.6) is 0 Å². The third-order valence-corrected chi connectivity index (χ3v) is 5.13. The molecule has 1 N–H and O–H groups in total. The lowest BCUT2D eigenvalue weighted by Gasteiger charge is -2.04. The Morgan fingerprint density at radius 2 is 1.71 bits per heavy atom. The molecule has 0 spiro atoms. The first-order valence-corrected chi connectivity index (χ1v) is 9.10. The SMILES string of the molecule is Cc1ccc(S(=O)(Cl)=NC(=O)Nc2ccc(Br)cc2)cc1. The third-order valence-electron chi connectivity index (χ3n) is 2.61. The molecule has 7 heteroatoms. The minimum absolute atomic E-state index is 0.306. The van der Waals surface area contributed by atoms with Crippen LogP contribution < -0.4 is 5.32 Å². The van der Waals surface area contributed by atoms with Crippen molar-refractivity contribution in [3.8, 4) is 0 Å². The Morgan fingerprint density at radius 3 is 2.29 bits per heavy atom. The van der Waals surface area contributed by atoms with Crippen molar-refractivity contribution in [3.05, 3.63) is 58.6 Å². The molecule has 0 fully saturated rings. The lowest BCUT2D eigenvalue weighted by atomic mass is 10.2. The molecule has 1 unspecified atom stereocenters. The van der Waals surface area contributed by atoms with Crippen LogP contribution in [0.4, 0.5) is 10.5 Å². The fourth-order valence-electron chi connectivity index (χ4n) is 1.54. The zero-order valence-corrected chi connectivity index (χ0v) is 14.2. The van der Waals surface area contributed by atoms with E-state index in [1.807, 2.05) is 6.92 Å². The van der Waals surface area contributed by atoms with Gasteiger partial charge in [-0.15, -0.1) is 4.36 Å². The van der Waals surface area contributed by atoms with E-state index in [0.717, 1.165) is 10.0 Å². The van der Waals surface area contributed by atoms with Gasteiger partial charge in [0.05, 0.1) is 4.90 Å². The number of hydrogen-bond donors (Lipinski definition) is 1. The summed E-state index contributed by atoms with van der Waals surface area (Å²) in [6.07, 6.45) is 0. The normalized spacial score (nSPS) is 13.3. The van der Waals surface area contributed by atoms with Gasteiger partial charge in [0.1, 0.15) is 0 Å². The summed E-state index contributed by atoms with van der Waals surface area (Å²) < 4.78 is 16.7. The molecule has 2 aromatic rings. The van der Waals surface area contributed by atoms with E-state index in [4.69, 9.17) is 10.7 Å². The smallest absolute Gasteiger partial charge is 0.306 e. The summed E-state index contributed by atoms with van der Waals surface area (Å²) in [6.45, 7) is 1.90. The molecule has 0 bridgehead atoms. The van der Waals surface area contributed by atoms with E-state index in [1.165, 1.54) is 0 Å². The summed E-state index contributed by atoms with van der Waals surface area (Å²) in [5, 5.41) is 2.52. The first-order chi connectivity index (χ1) is 9.87. The Balaban J connectivity index is 2.21. The number of aryl methyl sites for hydroxylation is 1. The van der Waals surface area contributed by atoms with Crippen LogP contribution >= 0.6 is 26.6 Å². The number of halogens is 2. The molecule has 0 aliphatic heterocycles. The topological polar surface area (TPSA) is 58.5 Å². The molecule has 2 aromatic carbocycles. The summed E-state index contributed by atoms with van der Waals surface area (Å²) in [4.78, 5) is 12.1. The molecule has 2 rings (SSSR count). The van der Waals surface area contributed by atoms with Gasteiger partial charge in [-0.25, -0.2) is 9.00 Å². The van der Waals surface area contributed by atoms with Crippen molar-refractivity contribution in [2.75, 3.05) is 5.32 Å². The van der Waals surface area contributed by atoms with Gasteiger partial charge in [0.2, 0.25) is 0 Å². The lowest BCUT2D eigenvalue weighted by Crippen LogP contribution is -2.08. The van der Waals surface area contributed by atoms with Crippen molar-refractivity contribution >= 4 is 47.3 Å². The summed E-state index contributed by atoms with van der Waals surface area (Å²) in [7, 11) is 2.61. The standard InChI is InChI=1S/C14H12BrClN2O2S/c1-10-2-8-13(9-3-10)21(16,20)18-14(19)17-12-6-4-11(15)5-7-12/h2-9H,1H3,(H,17,19). The molecule has 110 valence electrons. The molecule has 0 aliphatic rings. The number of hydrogen-bond acceptors (Lipinski definition) is 2. The Bertz CT molecular complexity index is 767. The fourth-order valence-corrected chi connectivity index (χ4v) is 3.14. The van der Waals surface area contributed by atoms with Crippen molar-refractivity contribution < 1.29 is 9.00 Å². The average molecular weight is 388 g/mol. The second-order valence-electron chi connectivity index (χ2n) is 4.30. The number of benzene rings is 2. The molecule has 0 radical (unpaired) electrons. The number of nitrogens with one attached hydrogen (secondary N) is 1. The molecule has 21 heavy (non-hydrogen) atoms. The Kier molecular flexibility index (Phi) is 5.03. The van der Waals surface area contributed by atoms with Crippen molar-refractivity contribution in [2.45, 2.75) is 11.8 Å². The van der Waals surface area contributed by atoms with Crippen LogP contribution in [0, 0.1) is 6.92 Å². The van der Waals surface area contributed by atoms with E-state index in [0.29, 0.717) is 10.6 Å². The number of anilines is 1.